The van der Waals surface area contributed by atoms with Crippen LogP contribution in [0.1, 0.15) is 58.6 Å². The lowest BCUT2D eigenvalue weighted by molar-refractivity contribution is -0.193. The van der Waals surface area contributed by atoms with Crippen molar-refractivity contribution in [3.8, 4) is 23.0 Å². The fourth-order valence-corrected chi connectivity index (χ4v) is 5.08. The SMILES string of the molecule is CC=C1/C(=C\C=C\C(=O)ON2C(=O)CCC2=O)C(=O)OC12c1ccc(OC(=O)C(C)C)cc1Oc1cc(OC(=O)C(C)C)ccc12. The highest BCUT2D eigenvalue weighted by atomic mass is 16.7. The largest absolute Gasteiger partial charge is 0.456 e. The molecule has 3 heterocycles. The van der Waals surface area contributed by atoms with Crippen LogP contribution < -0.4 is 14.2 Å². The van der Waals surface area contributed by atoms with Gasteiger partial charge in [0.05, 0.1) is 17.4 Å². The molecule has 0 aromatic heterocycles. The van der Waals surface area contributed by atoms with Crippen LogP contribution in [0.2, 0.25) is 0 Å². The summed E-state index contributed by atoms with van der Waals surface area (Å²) < 4.78 is 23.4. The van der Waals surface area contributed by atoms with E-state index in [2.05, 4.69) is 0 Å². The number of imide groups is 1. The van der Waals surface area contributed by atoms with Gasteiger partial charge in [-0.05, 0) is 37.3 Å². The van der Waals surface area contributed by atoms with E-state index < -0.39 is 41.3 Å². The first-order valence-corrected chi connectivity index (χ1v) is 14.6. The molecule has 5 rings (SSSR count). The predicted octanol–water partition coefficient (Wildman–Crippen LogP) is 4.75. The number of allylic oxidation sites excluding steroid dienone is 3. The molecule has 2 aromatic carbocycles. The summed E-state index contributed by atoms with van der Waals surface area (Å²) in [6.45, 7) is 8.51. The van der Waals surface area contributed by atoms with E-state index in [0.29, 0.717) is 21.8 Å². The molecule has 2 aromatic rings. The number of nitrogens with zero attached hydrogens (tertiary/aromatic N) is 1. The molecule has 0 unspecified atom stereocenters. The fraction of sp³-hybridized carbons (Fsp3) is 0.294. The summed E-state index contributed by atoms with van der Waals surface area (Å²) in [6, 6.07) is 9.40. The molecule has 0 N–H and O–H groups in total. The van der Waals surface area contributed by atoms with Crippen molar-refractivity contribution in [3.05, 3.63) is 83.0 Å². The molecule has 12 heteroatoms. The molecule has 1 spiro atoms. The van der Waals surface area contributed by atoms with Crippen molar-refractivity contribution >= 4 is 35.7 Å². The molecule has 46 heavy (non-hydrogen) atoms. The van der Waals surface area contributed by atoms with E-state index in [4.69, 9.17) is 23.8 Å². The van der Waals surface area contributed by atoms with Crippen LogP contribution in [0.4, 0.5) is 0 Å². The summed E-state index contributed by atoms with van der Waals surface area (Å²) in [7, 11) is 0. The molecule has 3 aliphatic heterocycles. The van der Waals surface area contributed by atoms with Crippen molar-refractivity contribution in [3.63, 3.8) is 0 Å². The van der Waals surface area contributed by atoms with Crippen LogP contribution in [-0.2, 0) is 43.9 Å². The number of rotatable bonds is 7. The van der Waals surface area contributed by atoms with E-state index >= 15 is 0 Å². The Bertz CT molecular complexity index is 1670. The topological polar surface area (TPSA) is 152 Å². The molecule has 238 valence electrons. The molecule has 0 saturated carbocycles. The maximum atomic E-state index is 13.5. The van der Waals surface area contributed by atoms with Gasteiger partial charge in [-0.15, -0.1) is 5.06 Å². The number of carbonyl (C=O) groups is 6. The molecule has 0 atom stereocenters. The average molecular weight is 630 g/mol. The van der Waals surface area contributed by atoms with Crippen molar-refractivity contribution in [2.75, 3.05) is 0 Å². The van der Waals surface area contributed by atoms with Crippen LogP contribution >= 0.6 is 0 Å². The van der Waals surface area contributed by atoms with E-state index in [1.54, 1.807) is 65.0 Å². The van der Waals surface area contributed by atoms with Gasteiger partial charge in [0.15, 0.2) is 5.60 Å². The van der Waals surface area contributed by atoms with E-state index in [1.165, 1.54) is 24.3 Å². The predicted molar refractivity (Wildman–Crippen MR) is 159 cm³/mol. The van der Waals surface area contributed by atoms with Gasteiger partial charge in [0.1, 0.15) is 23.0 Å². The Balaban J connectivity index is 1.55. The number of hydrogen-bond donors (Lipinski definition) is 0. The summed E-state index contributed by atoms with van der Waals surface area (Å²) in [5.41, 5.74) is -0.176. The first-order chi connectivity index (χ1) is 21.8. The normalized spacial score (nSPS) is 18.3. The third kappa shape index (κ3) is 5.81. The number of amides is 2. The monoisotopic (exact) mass is 629 g/mol. The lowest BCUT2D eigenvalue weighted by Gasteiger charge is -2.36. The lowest BCUT2D eigenvalue weighted by Crippen LogP contribution is -2.33. The lowest BCUT2D eigenvalue weighted by atomic mass is 9.76. The molecule has 3 aliphatic rings. The smallest absolute Gasteiger partial charge is 0.356 e. The minimum absolute atomic E-state index is 0.0472. The minimum atomic E-state index is -1.54. The second kappa shape index (κ2) is 12.5. The molecule has 2 amide bonds. The zero-order valence-electron chi connectivity index (χ0n) is 25.8. The third-order valence-corrected chi connectivity index (χ3v) is 7.37. The standard InChI is InChI=1S/C34H31NO11/c1-6-23-22(8-7-9-30(38)46-35-28(36)14-15-29(35)37)33(41)45-34(23)24-12-10-20(42-31(39)18(2)3)16-26(24)44-27-17-21(11-13-25(27)34)43-32(40)19(4)5/h6-13,16-19H,14-15H2,1-5H3/b9-7+,22-8+,23-6?. The summed E-state index contributed by atoms with van der Waals surface area (Å²) in [6.07, 6.45) is 5.16. The van der Waals surface area contributed by atoms with Gasteiger partial charge in [0, 0.05) is 47.8 Å². The Kier molecular flexibility index (Phi) is 8.64. The zero-order valence-corrected chi connectivity index (χ0v) is 25.8. The van der Waals surface area contributed by atoms with Crippen LogP contribution in [0.25, 0.3) is 0 Å². The van der Waals surface area contributed by atoms with Crippen molar-refractivity contribution in [1.82, 2.24) is 5.06 Å². The Morgan fingerprint density at radius 2 is 1.37 bits per heavy atom. The van der Waals surface area contributed by atoms with Crippen LogP contribution in [0, 0.1) is 11.8 Å². The van der Waals surface area contributed by atoms with Crippen LogP contribution in [0.5, 0.6) is 23.0 Å². The number of hydrogen-bond acceptors (Lipinski definition) is 11. The molecule has 12 nitrogen and oxygen atoms in total. The van der Waals surface area contributed by atoms with Gasteiger partial charge < -0.3 is 23.8 Å². The maximum absolute atomic E-state index is 13.5. The summed E-state index contributed by atoms with van der Waals surface area (Å²) >= 11 is 0. The van der Waals surface area contributed by atoms with Crippen LogP contribution in [0.3, 0.4) is 0 Å². The highest BCUT2D eigenvalue weighted by molar-refractivity contribution is 6.02. The molecule has 2 fully saturated rings. The number of benzene rings is 2. The number of carbonyl (C=O) groups excluding carboxylic acids is 6. The first-order valence-electron chi connectivity index (χ1n) is 14.6. The molecule has 0 aliphatic carbocycles. The van der Waals surface area contributed by atoms with Gasteiger partial charge in [-0.2, -0.15) is 0 Å². The number of esters is 3. The highest BCUT2D eigenvalue weighted by Crippen LogP contribution is 2.58. The summed E-state index contributed by atoms with van der Waals surface area (Å²) in [4.78, 5) is 78.8. The molecule has 0 radical (unpaired) electrons. The first kappa shape index (κ1) is 31.9. The van der Waals surface area contributed by atoms with Crippen molar-refractivity contribution in [2.45, 2.75) is 53.1 Å². The van der Waals surface area contributed by atoms with Gasteiger partial charge in [-0.3, -0.25) is 19.2 Å². The molecular weight excluding hydrogens is 598 g/mol. The van der Waals surface area contributed by atoms with Crippen LogP contribution in [-0.4, -0.2) is 40.8 Å². The zero-order chi connectivity index (χ0) is 33.3. The Morgan fingerprint density at radius 3 is 1.85 bits per heavy atom. The van der Waals surface area contributed by atoms with E-state index in [9.17, 15) is 28.8 Å². The van der Waals surface area contributed by atoms with Gasteiger partial charge in [-0.25, -0.2) is 9.59 Å². The second-order valence-corrected chi connectivity index (χ2v) is 11.3. The number of ether oxygens (including phenoxy) is 4. The van der Waals surface area contributed by atoms with Gasteiger partial charge in [-0.1, -0.05) is 39.8 Å². The Hall–Kier alpha value is -5.52. The second-order valence-electron chi connectivity index (χ2n) is 11.3. The van der Waals surface area contributed by atoms with Crippen molar-refractivity contribution in [2.24, 2.45) is 11.8 Å². The molecule has 0 bridgehead atoms. The summed E-state index contributed by atoms with van der Waals surface area (Å²) in [5, 5.41) is 0.422. The van der Waals surface area contributed by atoms with Gasteiger partial charge in [0.25, 0.3) is 11.8 Å². The molecule has 2 saturated heterocycles. The van der Waals surface area contributed by atoms with Gasteiger partial charge >= 0.3 is 23.9 Å². The van der Waals surface area contributed by atoms with Crippen molar-refractivity contribution in [1.29, 1.82) is 0 Å². The van der Waals surface area contributed by atoms with E-state index in [0.717, 1.165) is 6.08 Å². The average Bonchev–Trinajstić information content (AvgIpc) is 3.47. The highest BCUT2D eigenvalue weighted by Gasteiger charge is 2.55. The fourth-order valence-electron chi connectivity index (χ4n) is 5.08. The minimum Gasteiger partial charge on any atom is -0.456 e. The Morgan fingerprint density at radius 1 is 0.848 bits per heavy atom. The quantitative estimate of drug-likeness (QED) is 0.181. The Labute approximate surface area is 264 Å². The van der Waals surface area contributed by atoms with Crippen molar-refractivity contribution < 1.29 is 52.6 Å². The van der Waals surface area contributed by atoms with E-state index in [1.807, 2.05) is 0 Å². The van der Waals surface area contributed by atoms with Crippen LogP contribution in [0.15, 0.2) is 71.8 Å². The van der Waals surface area contributed by atoms with E-state index in [-0.39, 0.29) is 53.2 Å². The number of fused-ring (bicyclic) bond motifs is 4. The summed E-state index contributed by atoms with van der Waals surface area (Å²) in [5.74, 6) is -3.78. The third-order valence-electron chi connectivity index (χ3n) is 7.37. The number of hydroxylamine groups is 2. The molecular formula is C34H31NO11. The maximum Gasteiger partial charge on any atom is 0.356 e. The van der Waals surface area contributed by atoms with Gasteiger partial charge in [0.2, 0.25) is 0 Å².